The molecule has 1 fully saturated rings. The lowest BCUT2D eigenvalue weighted by Gasteiger charge is -2.25. The number of hydrogen-bond acceptors (Lipinski definition) is 5. The quantitative estimate of drug-likeness (QED) is 0.921. The second kappa shape index (κ2) is 5.81. The van der Waals surface area contributed by atoms with Gasteiger partial charge in [0.1, 0.15) is 17.5 Å². The number of fused-ring (bicyclic) bond motifs is 1. The predicted molar refractivity (Wildman–Crippen MR) is 88.8 cm³/mol. The predicted octanol–water partition coefficient (Wildman–Crippen LogP) is 3.06. The van der Waals surface area contributed by atoms with Gasteiger partial charge in [0.05, 0.1) is 0 Å². The number of para-hydroxylation sites is 1. The first kappa shape index (κ1) is 15.0. The van der Waals surface area contributed by atoms with E-state index in [9.17, 15) is 0 Å². The number of hydrogen-bond donors (Lipinski definition) is 1. The van der Waals surface area contributed by atoms with Crippen LogP contribution in [0.25, 0.3) is 0 Å². The summed E-state index contributed by atoms with van der Waals surface area (Å²) in [5.41, 5.74) is 2.17. The molecule has 1 unspecified atom stereocenters. The molecule has 3 heterocycles. The maximum atomic E-state index is 9.08. The van der Waals surface area contributed by atoms with Crippen LogP contribution in [-0.2, 0) is 5.79 Å². The Morgan fingerprint density at radius 3 is 2.75 bits per heavy atom. The molecule has 2 aromatic rings. The van der Waals surface area contributed by atoms with E-state index >= 15 is 0 Å². The first-order chi connectivity index (χ1) is 11.7. The molecule has 0 radical (unpaired) electrons. The fourth-order valence-electron chi connectivity index (χ4n) is 3.46. The van der Waals surface area contributed by atoms with Gasteiger partial charge < -0.3 is 14.8 Å². The largest absolute Gasteiger partial charge is 0.443 e. The summed E-state index contributed by atoms with van der Waals surface area (Å²) in [6.07, 6.45) is 2.19. The smallest absolute Gasteiger partial charge is 0.292 e. The van der Waals surface area contributed by atoms with Gasteiger partial charge in [0.2, 0.25) is 0 Å². The van der Waals surface area contributed by atoms with Crippen LogP contribution < -0.4 is 14.8 Å². The lowest BCUT2D eigenvalue weighted by atomic mass is 9.89. The van der Waals surface area contributed by atoms with Crippen molar-refractivity contribution in [3.05, 3.63) is 53.3 Å². The summed E-state index contributed by atoms with van der Waals surface area (Å²) < 4.78 is 12.4. The molecule has 0 aliphatic carbocycles. The van der Waals surface area contributed by atoms with E-state index in [1.807, 2.05) is 25.1 Å². The number of benzene rings is 1. The number of nitrogens with one attached hydrogen (secondary N) is 1. The van der Waals surface area contributed by atoms with Gasteiger partial charge in [-0.25, -0.2) is 4.98 Å². The van der Waals surface area contributed by atoms with Crippen molar-refractivity contribution in [3.8, 4) is 17.6 Å². The second-order valence-electron chi connectivity index (χ2n) is 6.37. The van der Waals surface area contributed by atoms with Crippen molar-refractivity contribution in [3.63, 3.8) is 0 Å². The lowest BCUT2D eigenvalue weighted by molar-refractivity contribution is -0.0722. The Hall–Kier alpha value is -2.58. The van der Waals surface area contributed by atoms with Gasteiger partial charge in [0, 0.05) is 12.5 Å². The van der Waals surface area contributed by atoms with Crippen LogP contribution in [0.1, 0.15) is 42.6 Å². The van der Waals surface area contributed by atoms with Gasteiger partial charge >= 0.3 is 0 Å². The molecule has 1 atom stereocenters. The first-order valence-electron chi connectivity index (χ1n) is 8.29. The molecule has 0 bridgehead atoms. The van der Waals surface area contributed by atoms with Crippen LogP contribution in [0.2, 0.25) is 0 Å². The molecule has 0 spiro atoms. The summed E-state index contributed by atoms with van der Waals surface area (Å²) in [5, 5.41) is 12.5. The fraction of sp³-hybridized carbons (Fsp3) is 0.368. The van der Waals surface area contributed by atoms with Crippen LogP contribution in [0.3, 0.4) is 0 Å². The maximum Gasteiger partial charge on any atom is 0.292 e. The highest BCUT2D eigenvalue weighted by atomic mass is 16.7. The summed E-state index contributed by atoms with van der Waals surface area (Å²) in [4.78, 5) is 4.35. The number of nitrogens with zero attached hydrogens (tertiary/aromatic N) is 2. The lowest BCUT2D eigenvalue weighted by Crippen LogP contribution is -2.33. The molecule has 0 saturated carbocycles. The van der Waals surface area contributed by atoms with E-state index in [4.69, 9.17) is 14.7 Å². The number of aromatic nitrogens is 1. The van der Waals surface area contributed by atoms with E-state index in [2.05, 4.69) is 22.4 Å². The number of ether oxygens (including phenoxy) is 2. The van der Waals surface area contributed by atoms with Crippen LogP contribution in [0.15, 0.2) is 36.4 Å². The van der Waals surface area contributed by atoms with Gasteiger partial charge in [-0.3, -0.25) is 0 Å². The topological polar surface area (TPSA) is 67.2 Å². The van der Waals surface area contributed by atoms with E-state index in [1.54, 1.807) is 12.1 Å². The molecule has 0 amide bonds. The van der Waals surface area contributed by atoms with Crippen molar-refractivity contribution in [1.29, 1.82) is 5.26 Å². The summed E-state index contributed by atoms with van der Waals surface area (Å²) in [5.74, 6) is 1.04. The van der Waals surface area contributed by atoms with Crippen molar-refractivity contribution >= 4 is 0 Å². The van der Waals surface area contributed by atoms with Crippen LogP contribution in [0.5, 0.6) is 11.5 Å². The summed E-state index contributed by atoms with van der Waals surface area (Å²) in [6, 6.07) is 13.4. The van der Waals surface area contributed by atoms with Gasteiger partial charge in [-0.2, -0.15) is 5.26 Å². The molecule has 2 aliphatic rings. The fourth-order valence-corrected chi connectivity index (χ4v) is 3.46. The molecular formula is C19H19N3O2. The Bertz CT molecular complexity index is 808. The average molecular weight is 321 g/mol. The molecule has 1 N–H and O–H groups in total. The minimum Gasteiger partial charge on any atom is -0.443 e. The third-order valence-electron chi connectivity index (χ3n) is 4.72. The highest BCUT2D eigenvalue weighted by Crippen LogP contribution is 2.48. The van der Waals surface area contributed by atoms with Crippen molar-refractivity contribution in [2.75, 3.05) is 13.1 Å². The number of rotatable bonds is 2. The molecule has 1 aromatic carbocycles. The van der Waals surface area contributed by atoms with Crippen molar-refractivity contribution in [2.45, 2.75) is 31.5 Å². The van der Waals surface area contributed by atoms with Gasteiger partial charge in [0.25, 0.3) is 5.79 Å². The molecule has 122 valence electrons. The standard InChI is InChI=1S/C19H19N3O2/c1-19(17-7-2-4-14(12-20)22-17)23-16-6-3-5-15(18(16)24-19)13-8-10-21-11-9-13/h2-7,13,21H,8-11H2,1H3. The Kier molecular flexibility index (Phi) is 3.62. The monoisotopic (exact) mass is 321 g/mol. The summed E-state index contributed by atoms with van der Waals surface area (Å²) in [7, 11) is 0. The molecule has 5 nitrogen and oxygen atoms in total. The molecule has 4 rings (SSSR count). The Morgan fingerprint density at radius 1 is 1.17 bits per heavy atom. The van der Waals surface area contributed by atoms with Gasteiger partial charge in [-0.1, -0.05) is 18.2 Å². The first-order valence-corrected chi connectivity index (χ1v) is 8.29. The zero-order chi connectivity index (χ0) is 16.6. The van der Waals surface area contributed by atoms with Crippen molar-refractivity contribution in [1.82, 2.24) is 10.3 Å². The van der Waals surface area contributed by atoms with E-state index in [0.29, 0.717) is 17.3 Å². The minimum atomic E-state index is -1.00. The third-order valence-corrected chi connectivity index (χ3v) is 4.72. The van der Waals surface area contributed by atoms with Crippen LogP contribution >= 0.6 is 0 Å². The van der Waals surface area contributed by atoms with Gasteiger partial charge in [-0.15, -0.1) is 0 Å². The second-order valence-corrected chi connectivity index (χ2v) is 6.37. The highest BCUT2D eigenvalue weighted by molar-refractivity contribution is 5.51. The Labute approximate surface area is 141 Å². The highest BCUT2D eigenvalue weighted by Gasteiger charge is 2.42. The van der Waals surface area contributed by atoms with E-state index < -0.39 is 5.79 Å². The molecule has 2 aliphatic heterocycles. The molecule has 1 saturated heterocycles. The number of piperidine rings is 1. The maximum absolute atomic E-state index is 9.08. The Morgan fingerprint density at radius 2 is 1.96 bits per heavy atom. The van der Waals surface area contributed by atoms with Crippen LogP contribution in [0, 0.1) is 11.3 Å². The molecule has 24 heavy (non-hydrogen) atoms. The number of pyridine rings is 1. The van der Waals surface area contributed by atoms with Crippen molar-refractivity contribution < 1.29 is 9.47 Å². The van der Waals surface area contributed by atoms with Crippen molar-refractivity contribution in [2.24, 2.45) is 0 Å². The van der Waals surface area contributed by atoms with Gasteiger partial charge in [0.15, 0.2) is 11.5 Å². The average Bonchev–Trinajstić information content (AvgIpc) is 3.00. The minimum absolute atomic E-state index is 0.357. The van der Waals surface area contributed by atoms with Crippen LogP contribution in [-0.4, -0.2) is 18.1 Å². The van der Waals surface area contributed by atoms with E-state index in [1.165, 1.54) is 5.56 Å². The van der Waals surface area contributed by atoms with E-state index in [-0.39, 0.29) is 0 Å². The summed E-state index contributed by atoms with van der Waals surface area (Å²) in [6.45, 7) is 3.90. The third kappa shape index (κ3) is 2.49. The molecular weight excluding hydrogens is 302 g/mol. The zero-order valence-corrected chi connectivity index (χ0v) is 13.6. The Balaban J connectivity index is 1.69. The molecule has 1 aromatic heterocycles. The molecule has 5 heteroatoms. The normalized spacial score (nSPS) is 23.0. The number of nitriles is 1. The summed E-state index contributed by atoms with van der Waals surface area (Å²) >= 11 is 0. The van der Waals surface area contributed by atoms with E-state index in [0.717, 1.165) is 37.4 Å². The van der Waals surface area contributed by atoms with Gasteiger partial charge in [-0.05, 0) is 50.0 Å². The SMILES string of the molecule is CC1(c2cccc(C#N)n2)Oc2cccc(C3CCNCC3)c2O1. The zero-order valence-electron chi connectivity index (χ0n) is 13.6. The van der Waals surface area contributed by atoms with Crippen LogP contribution in [0.4, 0.5) is 0 Å².